The third-order valence-corrected chi connectivity index (χ3v) is 5.08. The Kier molecular flexibility index (Phi) is 5.35. The van der Waals surface area contributed by atoms with Crippen molar-refractivity contribution in [3.63, 3.8) is 0 Å². The molecule has 6 heteroatoms. The van der Waals surface area contributed by atoms with Crippen LogP contribution in [0.1, 0.15) is 36.6 Å². The van der Waals surface area contributed by atoms with Crippen LogP contribution in [0.15, 0.2) is 29.1 Å². The van der Waals surface area contributed by atoms with Gasteiger partial charge in [0.25, 0.3) is 0 Å². The summed E-state index contributed by atoms with van der Waals surface area (Å²) in [5.74, 6) is 1.61. The number of thiazole rings is 1. The number of carbonyl (C=O) groups excluding carboxylic acids is 1. The molecule has 2 heterocycles. The van der Waals surface area contributed by atoms with Crippen LogP contribution in [0.2, 0.25) is 0 Å². The summed E-state index contributed by atoms with van der Waals surface area (Å²) in [4.78, 5) is 18.9. The van der Waals surface area contributed by atoms with E-state index in [4.69, 9.17) is 9.47 Å². The first-order chi connectivity index (χ1) is 11.7. The van der Waals surface area contributed by atoms with E-state index < -0.39 is 0 Å². The third kappa shape index (κ3) is 3.53. The van der Waals surface area contributed by atoms with Gasteiger partial charge in [0.2, 0.25) is 5.91 Å². The van der Waals surface area contributed by atoms with Gasteiger partial charge in [0.05, 0.1) is 31.5 Å². The molecule has 5 nitrogen and oxygen atoms in total. The highest BCUT2D eigenvalue weighted by atomic mass is 32.1. The van der Waals surface area contributed by atoms with Crippen LogP contribution in [0.4, 0.5) is 0 Å². The molecule has 0 bridgehead atoms. The zero-order valence-corrected chi connectivity index (χ0v) is 14.8. The Labute approximate surface area is 146 Å². The fraction of sp³-hybridized carbons (Fsp3) is 0.444. The van der Waals surface area contributed by atoms with Gasteiger partial charge in [-0.3, -0.25) is 4.79 Å². The predicted molar refractivity (Wildman–Crippen MR) is 93.7 cm³/mol. The number of aromatic nitrogens is 1. The number of rotatable bonds is 6. The Morgan fingerprint density at radius 3 is 2.88 bits per heavy atom. The van der Waals surface area contributed by atoms with E-state index in [1.807, 2.05) is 34.0 Å². The molecule has 0 aliphatic carbocycles. The maximum absolute atomic E-state index is 12.6. The molecule has 128 valence electrons. The van der Waals surface area contributed by atoms with Crippen molar-refractivity contribution in [3.05, 3.63) is 40.3 Å². The zero-order valence-electron chi connectivity index (χ0n) is 14.0. The van der Waals surface area contributed by atoms with Crippen molar-refractivity contribution in [2.75, 3.05) is 20.8 Å². The molecular weight excluding hydrogens is 324 g/mol. The average molecular weight is 346 g/mol. The average Bonchev–Trinajstić information content (AvgIpc) is 3.30. The topological polar surface area (TPSA) is 51.7 Å². The van der Waals surface area contributed by atoms with Crippen molar-refractivity contribution in [1.82, 2.24) is 9.88 Å². The molecule has 0 saturated carbocycles. The van der Waals surface area contributed by atoms with Gasteiger partial charge in [-0.05, 0) is 37.0 Å². The highest BCUT2D eigenvalue weighted by Gasteiger charge is 2.30. The molecular formula is C18H22N2O3S. The highest BCUT2D eigenvalue weighted by Crippen LogP contribution is 2.37. The molecule has 0 radical (unpaired) electrons. The van der Waals surface area contributed by atoms with Gasteiger partial charge in [-0.2, -0.15) is 0 Å². The summed E-state index contributed by atoms with van der Waals surface area (Å²) >= 11 is 1.57. The molecule has 1 unspecified atom stereocenters. The molecule has 1 aromatic heterocycles. The first kappa shape index (κ1) is 16.8. The largest absolute Gasteiger partial charge is 0.493 e. The number of carbonyl (C=O) groups is 1. The smallest absolute Gasteiger partial charge is 0.223 e. The van der Waals surface area contributed by atoms with Gasteiger partial charge in [-0.1, -0.05) is 6.07 Å². The lowest BCUT2D eigenvalue weighted by atomic mass is 10.0. The van der Waals surface area contributed by atoms with Gasteiger partial charge >= 0.3 is 0 Å². The third-order valence-electron chi connectivity index (χ3n) is 4.44. The standard InChI is InChI=1S/C18H22N2O3S/c1-22-16-7-5-13(10-17(16)23-2)15-4-3-9-20(15)18(21)8-6-14-11-24-12-19-14/h5,7,10-12,15H,3-4,6,8-9H2,1-2H3. The van der Waals surface area contributed by atoms with Crippen molar-refractivity contribution in [1.29, 1.82) is 0 Å². The summed E-state index contributed by atoms with van der Waals surface area (Å²) in [6.07, 6.45) is 3.23. The first-order valence-electron chi connectivity index (χ1n) is 8.11. The number of methoxy groups -OCH3 is 2. The molecule has 1 aliphatic heterocycles. The monoisotopic (exact) mass is 346 g/mol. The number of benzene rings is 1. The van der Waals surface area contributed by atoms with E-state index in [0.29, 0.717) is 24.3 Å². The molecule has 0 N–H and O–H groups in total. The van der Waals surface area contributed by atoms with Gasteiger partial charge in [-0.25, -0.2) is 4.98 Å². The van der Waals surface area contributed by atoms with Crippen LogP contribution in [-0.4, -0.2) is 36.6 Å². The van der Waals surface area contributed by atoms with Crippen LogP contribution in [0, 0.1) is 0 Å². The molecule has 2 aromatic rings. The summed E-state index contributed by atoms with van der Waals surface area (Å²) in [6, 6.07) is 6.03. The Morgan fingerprint density at radius 2 is 2.17 bits per heavy atom. The van der Waals surface area contributed by atoms with E-state index in [9.17, 15) is 4.79 Å². The van der Waals surface area contributed by atoms with Gasteiger partial charge in [0.15, 0.2) is 11.5 Å². The summed E-state index contributed by atoms with van der Waals surface area (Å²) < 4.78 is 10.7. The number of hydrogen-bond donors (Lipinski definition) is 0. The first-order valence-corrected chi connectivity index (χ1v) is 9.05. The molecule has 0 spiro atoms. The highest BCUT2D eigenvalue weighted by molar-refractivity contribution is 7.07. The second-order valence-corrected chi connectivity index (χ2v) is 6.56. The van der Waals surface area contributed by atoms with Crippen LogP contribution in [-0.2, 0) is 11.2 Å². The summed E-state index contributed by atoms with van der Waals surface area (Å²) in [6.45, 7) is 0.814. The SMILES string of the molecule is COc1ccc(C2CCCN2C(=O)CCc2cscn2)cc1OC. The molecule has 1 atom stereocenters. The molecule has 1 fully saturated rings. The minimum absolute atomic E-state index is 0.118. The Hall–Kier alpha value is -2.08. The van der Waals surface area contributed by atoms with Gasteiger partial charge in [0, 0.05) is 18.3 Å². The quantitative estimate of drug-likeness (QED) is 0.804. The molecule has 1 saturated heterocycles. The Bertz CT molecular complexity index is 688. The molecule has 1 aromatic carbocycles. The summed E-state index contributed by atoms with van der Waals surface area (Å²) in [5.41, 5.74) is 3.91. The van der Waals surface area contributed by atoms with E-state index in [2.05, 4.69) is 4.98 Å². The number of likely N-dealkylation sites (tertiary alicyclic amines) is 1. The zero-order chi connectivity index (χ0) is 16.9. The fourth-order valence-corrected chi connectivity index (χ4v) is 3.80. The maximum Gasteiger partial charge on any atom is 0.223 e. The molecule has 24 heavy (non-hydrogen) atoms. The lowest BCUT2D eigenvalue weighted by Crippen LogP contribution is -2.30. The van der Waals surface area contributed by atoms with Crippen LogP contribution >= 0.6 is 11.3 Å². The minimum Gasteiger partial charge on any atom is -0.493 e. The molecule has 1 amide bonds. The predicted octanol–water partition coefficient (Wildman–Crippen LogP) is 3.46. The second-order valence-electron chi connectivity index (χ2n) is 5.84. The maximum atomic E-state index is 12.6. The molecule has 1 aliphatic rings. The number of ether oxygens (including phenoxy) is 2. The number of nitrogens with zero attached hydrogens (tertiary/aromatic N) is 2. The van der Waals surface area contributed by atoms with Gasteiger partial charge < -0.3 is 14.4 Å². The Morgan fingerprint density at radius 1 is 1.33 bits per heavy atom. The van der Waals surface area contributed by atoms with Gasteiger partial charge in [-0.15, -0.1) is 11.3 Å². The van der Waals surface area contributed by atoms with Gasteiger partial charge in [0.1, 0.15) is 0 Å². The van der Waals surface area contributed by atoms with E-state index in [0.717, 1.165) is 30.6 Å². The Balaban J connectivity index is 1.71. The minimum atomic E-state index is 0.118. The number of amides is 1. The van der Waals surface area contributed by atoms with Crippen molar-refractivity contribution in [2.24, 2.45) is 0 Å². The van der Waals surface area contributed by atoms with E-state index in [-0.39, 0.29) is 11.9 Å². The number of aryl methyl sites for hydroxylation is 1. The van der Waals surface area contributed by atoms with Crippen LogP contribution in [0.25, 0.3) is 0 Å². The van der Waals surface area contributed by atoms with E-state index >= 15 is 0 Å². The second kappa shape index (κ2) is 7.66. The fourth-order valence-electron chi connectivity index (χ4n) is 3.21. The van der Waals surface area contributed by atoms with Crippen molar-refractivity contribution in [2.45, 2.75) is 31.7 Å². The van der Waals surface area contributed by atoms with Crippen LogP contribution in [0.5, 0.6) is 11.5 Å². The summed E-state index contributed by atoms with van der Waals surface area (Å²) in [7, 11) is 3.26. The molecule has 3 rings (SSSR count). The van der Waals surface area contributed by atoms with Crippen LogP contribution < -0.4 is 9.47 Å². The lowest BCUT2D eigenvalue weighted by molar-refractivity contribution is -0.132. The van der Waals surface area contributed by atoms with Crippen molar-refractivity contribution < 1.29 is 14.3 Å². The van der Waals surface area contributed by atoms with Crippen molar-refractivity contribution in [3.8, 4) is 11.5 Å². The summed E-state index contributed by atoms with van der Waals surface area (Å²) in [5, 5.41) is 2.00. The van der Waals surface area contributed by atoms with E-state index in [1.54, 1.807) is 25.6 Å². The number of hydrogen-bond acceptors (Lipinski definition) is 5. The normalized spacial score (nSPS) is 17.1. The van der Waals surface area contributed by atoms with E-state index in [1.165, 1.54) is 0 Å². The van der Waals surface area contributed by atoms with Crippen molar-refractivity contribution >= 4 is 17.2 Å². The lowest BCUT2D eigenvalue weighted by Gasteiger charge is -2.25. The van der Waals surface area contributed by atoms with Crippen LogP contribution in [0.3, 0.4) is 0 Å².